The molecule has 0 aliphatic heterocycles. The molecule has 4 rings (SSSR count). The van der Waals surface area contributed by atoms with E-state index in [1.165, 1.54) is 19.2 Å². The van der Waals surface area contributed by atoms with Crippen molar-refractivity contribution in [2.24, 2.45) is 0 Å². The van der Waals surface area contributed by atoms with Crippen LogP contribution >= 0.6 is 0 Å². The van der Waals surface area contributed by atoms with E-state index >= 15 is 0 Å². The van der Waals surface area contributed by atoms with Crippen LogP contribution in [0.25, 0.3) is 11.4 Å². The highest BCUT2D eigenvalue weighted by atomic mass is 19.4. The molecule has 0 spiro atoms. The molecule has 0 atom stereocenters. The molecule has 33 heavy (non-hydrogen) atoms. The van der Waals surface area contributed by atoms with Crippen LogP contribution in [-0.2, 0) is 12.4 Å². The molecule has 1 N–H and O–H groups in total. The molecule has 4 aromatic rings. The van der Waals surface area contributed by atoms with Crippen LogP contribution in [0, 0.1) is 0 Å². The van der Waals surface area contributed by atoms with Gasteiger partial charge >= 0.3 is 12.4 Å². The molecule has 2 aromatic carbocycles. The van der Waals surface area contributed by atoms with Gasteiger partial charge in [-0.15, -0.1) is 0 Å². The van der Waals surface area contributed by atoms with Crippen molar-refractivity contribution >= 4 is 0 Å². The van der Waals surface area contributed by atoms with Crippen molar-refractivity contribution in [3.63, 3.8) is 0 Å². The lowest BCUT2D eigenvalue weighted by molar-refractivity contribution is -0.138. The van der Waals surface area contributed by atoms with Gasteiger partial charge in [0, 0.05) is 12.4 Å². The minimum absolute atomic E-state index is 0.126. The number of halogens is 6. The van der Waals surface area contributed by atoms with Crippen molar-refractivity contribution in [2.75, 3.05) is 7.11 Å². The van der Waals surface area contributed by atoms with Gasteiger partial charge in [0.2, 0.25) is 0 Å². The molecule has 0 aliphatic rings. The summed E-state index contributed by atoms with van der Waals surface area (Å²) in [6.07, 6.45) is -5.56. The Morgan fingerprint density at radius 2 is 1.18 bits per heavy atom. The van der Waals surface area contributed by atoms with Crippen molar-refractivity contribution in [2.45, 2.75) is 12.4 Å². The number of rotatable bonds is 3. The standard InChI is InChI=1S/C11H9F3N2O.C10H7F3N2O/c1-17-10-5-3-2-4-9(10)16-7-8(6-15-16)11(12,13)14;11-10(12,13)7-5-14-15(6-7)8-3-1-2-4-9(8)16/h2-7H,1H3;1-6,16H. The third-order valence-corrected chi connectivity index (χ3v) is 4.28. The Balaban J connectivity index is 0.000000186. The van der Waals surface area contributed by atoms with E-state index in [0.717, 1.165) is 28.0 Å². The lowest BCUT2D eigenvalue weighted by Crippen LogP contribution is -2.03. The second kappa shape index (κ2) is 9.27. The van der Waals surface area contributed by atoms with E-state index in [1.807, 2.05) is 0 Å². The van der Waals surface area contributed by atoms with Crippen molar-refractivity contribution < 1.29 is 36.2 Å². The number of benzene rings is 2. The second-order valence-corrected chi connectivity index (χ2v) is 6.50. The highest BCUT2D eigenvalue weighted by Crippen LogP contribution is 2.31. The minimum Gasteiger partial charge on any atom is -0.506 e. The zero-order chi connectivity index (χ0) is 24.2. The van der Waals surface area contributed by atoms with Gasteiger partial charge in [0.05, 0.1) is 30.6 Å². The Kier molecular flexibility index (Phi) is 6.65. The van der Waals surface area contributed by atoms with Crippen molar-refractivity contribution in [1.29, 1.82) is 0 Å². The highest BCUT2D eigenvalue weighted by molar-refractivity contribution is 5.46. The van der Waals surface area contributed by atoms with Gasteiger partial charge in [-0.1, -0.05) is 24.3 Å². The number of methoxy groups -OCH3 is 1. The Bertz CT molecular complexity index is 1210. The summed E-state index contributed by atoms with van der Waals surface area (Å²) in [5.41, 5.74) is -0.970. The first kappa shape index (κ1) is 23.7. The van der Waals surface area contributed by atoms with Crippen LogP contribution < -0.4 is 4.74 Å². The van der Waals surface area contributed by atoms with Gasteiger partial charge in [0.1, 0.15) is 22.9 Å². The monoisotopic (exact) mass is 470 g/mol. The largest absolute Gasteiger partial charge is 0.506 e. The Hall–Kier alpha value is -3.96. The number of para-hydroxylation sites is 4. The fourth-order valence-electron chi connectivity index (χ4n) is 2.68. The summed E-state index contributed by atoms with van der Waals surface area (Å²) in [4.78, 5) is 0. The smallest absolute Gasteiger partial charge is 0.419 e. The Labute approximate surface area is 183 Å². The summed E-state index contributed by atoms with van der Waals surface area (Å²) in [5.74, 6) is 0.337. The van der Waals surface area contributed by atoms with Gasteiger partial charge in [-0.25, -0.2) is 9.36 Å². The quantitative estimate of drug-likeness (QED) is 0.402. The van der Waals surface area contributed by atoms with E-state index in [1.54, 1.807) is 36.4 Å². The molecule has 0 saturated heterocycles. The van der Waals surface area contributed by atoms with E-state index in [0.29, 0.717) is 17.6 Å². The first-order chi connectivity index (χ1) is 15.5. The van der Waals surface area contributed by atoms with Gasteiger partial charge in [-0.3, -0.25) is 0 Å². The van der Waals surface area contributed by atoms with Crippen LogP contribution in [0.1, 0.15) is 11.1 Å². The fourth-order valence-corrected chi connectivity index (χ4v) is 2.68. The fraction of sp³-hybridized carbons (Fsp3) is 0.143. The topological polar surface area (TPSA) is 65.1 Å². The van der Waals surface area contributed by atoms with Crippen LogP contribution in [-0.4, -0.2) is 31.8 Å². The Morgan fingerprint density at radius 3 is 1.64 bits per heavy atom. The summed E-state index contributed by atoms with van der Waals surface area (Å²) in [5, 5.41) is 16.7. The lowest BCUT2D eigenvalue weighted by Gasteiger charge is -2.07. The van der Waals surface area contributed by atoms with Gasteiger partial charge in [0.25, 0.3) is 0 Å². The Morgan fingerprint density at radius 1 is 0.727 bits per heavy atom. The van der Waals surface area contributed by atoms with Gasteiger partial charge in [0.15, 0.2) is 0 Å². The maximum atomic E-state index is 12.4. The van der Waals surface area contributed by atoms with Crippen LogP contribution in [0.5, 0.6) is 11.5 Å². The third kappa shape index (κ3) is 5.64. The third-order valence-electron chi connectivity index (χ3n) is 4.28. The summed E-state index contributed by atoms with van der Waals surface area (Å²) in [6.45, 7) is 0. The van der Waals surface area contributed by atoms with Crippen molar-refractivity contribution in [3.05, 3.63) is 84.4 Å². The number of aromatic nitrogens is 4. The number of hydrogen-bond donors (Lipinski definition) is 1. The van der Waals surface area contributed by atoms with Crippen molar-refractivity contribution in [3.8, 4) is 22.9 Å². The van der Waals surface area contributed by atoms with E-state index in [2.05, 4.69) is 10.2 Å². The molecule has 0 unspecified atom stereocenters. The van der Waals surface area contributed by atoms with Crippen LogP contribution in [0.2, 0.25) is 0 Å². The highest BCUT2D eigenvalue weighted by Gasteiger charge is 2.33. The first-order valence-corrected chi connectivity index (χ1v) is 9.16. The second-order valence-electron chi connectivity index (χ2n) is 6.50. The molecule has 0 saturated carbocycles. The molecule has 0 fully saturated rings. The number of hydrogen-bond acceptors (Lipinski definition) is 4. The van der Waals surface area contributed by atoms with Crippen LogP contribution in [0.3, 0.4) is 0 Å². The summed E-state index contributed by atoms with van der Waals surface area (Å²) < 4.78 is 81.3. The summed E-state index contributed by atoms with van der Waals surface area (Å²) >= 11 is 0. The molecule has 0 bridgehead atoms. The van der Waals surface area contributed by atoms with E-state index in [4.69, 9.17) is 4.74 Å². The molecule has 12 heteroatoms. The number of alkyl halides is 6. The number of nitrogens with zero attached hydrogens (tertiary/aromatic N) is 4. The van der Waals surface area contributed by atoms with Gasteiger partial charge in [-0.2, -0.15) is 36.5 Å². The summed E-state index contributed by atoms with van der Waals surface area (Å²) in [7, 11) is 1.45. The maximum Gasteiger partial charge on any atom is 0.419 e. The normalized spacial score (nSPS) is 11.6. The first-order valence-electron chi connectivity index (χ1n) is 9.16. The molecule has 0 radical (unpaired) electrons. The molecular formula is C21H16F6N4O2. The molecule has 174 valence electrons. The predicted molar refractivity (Wildman–Crippen MR) is 105 cm³/mol. The number of ether oxygens (including phenoxy) is 1. The van der Waals surface area contributed by atoms with E-state index in [-0.39, 0.29) is 11.4 Å². The van der Waals surface area contributed by atoms with Gasteiger partial charge in [-0.05, 0) is 24.3 Å². The maximum absolute atomic E-state index is 12.4. The van der Waals surface area contributed by atoms with Crippen LogP contribution in [0.15, 0.2) is 73.3 Å². The minimum atomic E-state index is -4.43. The number of phenolic OH excluding ortho intramolecular Hbond substituents is 1. The SMILES string of the molecule is COc1ccccc1-n1cc(C(F)(F)F)cn1.Oc1ccccc1-n1cc(C(F)(F)F)cn1. The number of phenols is 1. The predicted octanol–water partition coefficient (Wildman–Crippen LogP) is 5.50. The summed E-state index contributed by atoms with van der Waals surface area (Å²) in [6, 6.07) is 12.8. The molecule has 2 aromatic heterocycles. The zero-order valence-corrected chi connectivity index (χ0v) is 16.8. The van der Waals surface area contributed by atoms with E-state index in [9.17, 15) is 31.4 Å². The van der Waals surface area contributed by atoms with E-state index < -0.39 is 23.5 Å². The lowest BCUT2D eigenvalue weighted by atomic mass is 10.3. The van der Waals surface area contributed by atoms with Crippen molar-refractivity contribution in [1.82, 2.24) is 19.6 Å². The molecular weight excluding hydrogens is 454 g/mol. The van der Waals surface area contributed by atoms with Crippen LogP contribution in [0.4, 0.5) is 26.3 Å². The molecule has 6 nitrogen and oxygen atoms in total. The average Bonchev–Trinajstić information content (AvgIpc) is 3.44. The average molecular weight is 470 g/mol. The van der Waals surface area contributed by atoms with Gasteiger partial charge < -0.3 is 9.84 Å². The molecule has 2 heterocycles. The zero-order valence-electron chi connectivity index (χ0n) is 16.8. The number of aromatic hydroxyl groups is 1. The molecule has 0 amide bonds. The molecule has 0 aliphatic carbocycles.